The van der Waals surface area contributed by atoms with Gasteiger partial charge in [-0.2, -0.15) is 0 Å². The Morgan fingerprint density at radius 1 is 1.17 bits per heavy atom. The number of nitrogens with zero attached hydrogens (tertiary/aromatic N) is 3. The molecule has 1 unspecified atom stereocenters. The normalized spacial score (nSPS) is 17.1. The Hall–Kier alpha value is -2.78. The van der Waals surface area contributed by atoms with Crippen molar-refractivity contribution in [3.05, 3.63) is 59.1 Å². The summed E-state index contributed by atoms with van der Waals surface area (Å²) in [5, 5.41) is 0.842. The highest BCUT2D eigenvalue weighted by molar-refractivity contribution is 7.90. The van der Waals surface area contributed by atoms with Crippen LogP contribution in [0.15, 0.2) is 58.4 Å². The van der Waals surface area contributed by atoms with Gasteiger partial charge in [0, 0.05) is 12.6 Å². The monoisotopic (exact) mass is 442 g/mol. The molecule has 0 radical (unpaired) electrons. The van der Waals surface area contributed by atoms with E-state index >= 15 is 0 Å². The number of hydrogen-bond acceptors (Lipinski definition) is 6. The Morgan fingerprint density at radius 3 is 2.60 bits per heavy atom. The predicted octanol–water partition coefficient (Wildman–Crippen LogP) is 3.02. The molecule has 7 nitrogen and oxygen atoms in total. The molecule has 9 heteroatoms. The van der Waals surface area contributed by atoms with Gasteiger partial charge in [0.1, 0.15) is 16.9 Å². The van der Waals surface area contributed by atoms with E-state index in [2.05, 4.69) is 14.7 Å². The van der Waals surface area contributed by atoms with Crippen LogP contribution in [-0.4, -0.2) is 43.1 Å². The molecule has 2 heterocycles. The van der Waals surface area contributed by atoms with Crippen LogP contribution in [0.25, 0.3) is 10.2 Å². The van der Waals surface area contributed by atoms with Gasteiger partial charge < -0.3 is 4.90 Å². The number of carbonyl (C=O) groups is 1. The Labute approximate surface area is 179 Å². The number of fused-ring (bicyclic) bond motifs is 2. The molecule has 1 aliphatic rings. The van der Waals surface area contributed by atoms with E-state index in [9.17, 15) is 13.2 Å². The SMILES string of the molecule is CC(C)C(N=C1NS(=O)(=O)c2ccccc21)C(=O)N(C)Cc1nc2ccccc2s1. The summed E-state index contributed by atoms with van der Waals surface area (Å²) in [6.45, 7) is 4.16. The molecule has 4 rings (SSSR count). The smallest absolute Gasteiger partial charge is 0.263 e. The van der Waals surface area contributed by atoms with E-state index in [1.54, 1.807) is 41.5 Å². The lowest BCUT2D eigenvalue weighted by Gasteiger charge is -2.23. The molecular weight excluding hydrogens is 420 g/mol. The third kappa shape index (κ3) is 3.82. The topological polar surface area (TPSA) is 91.7 Å². The lowest BCUT2D eigenvalue weighted by Crippen LogP contribution is -2.39. The van der Waals surface area contributed by atoms with Crippen molar-refractivity contribution in [2.45, 2.75) is 31.3 Å². The predicted molar refractivity (Wildman–Crippen MR) is 118 cm³/mol. The first kappa shape index (κ1) is 20.5. The second-order valence-electron chi connectivity index (χ2n) is 7.54. The second-order valence-corrected chi connectivity index (χ2v) is 10.3. The summed E-state index contributed by atoms with van der Waals surface area (Å²) >= 11 is 1.55. The molecule has 0 saturated carbocycles. The zero-order chi connectivity index (χ0) is 21.5. The van der Waals surface area contributed by atoms with E-state index in [0.717, 1.165) is 15.2 Å². The quantitative estimate of drug-likeness (QED) is 0.657. The van der Waals surface area contributed by atoms with Crippen LogP contribution in [0.2, 0.25) is 0 Å². The van der Waals surface area contributed by atoms with Crippen molar-refractivity contribution in [3.8, 4) is 0 Å². The second kappa shape index (κ2) is 7.81. The maximum Gasteiger partial charge on any atom is 0.263 e. The van der Waals surface area contributed by atoms with Crippen LogP contribution in [0.5, 0.6) is 0 Å². The number of nitrogens with one attached hydrogen (secondary N) is 1. The van der Waals surface area contributed by atoms with Crippen LogP contribution in [0, 0.1) is 5.92 Å². The number of carbonyl (C=O) groups excluding carboxylic acids is 1. The summed E-state index contributed by atoms with van der Waals surface area (Å²) in [5.41, 5.74) is 1.40. The Kier molecular flexibility index (Phi) is 5.33. The number of sulfonamides is 1. The van der Waals surface area contributed by atoms with Gasteiger partial charge in [-0.15, -0.1) is 11.3 Å². The summed E-state index contributed by atoms with van der Waals surface area (Å²) in [5.74, 6) is -0.0774. The van der Waals surface area contributed by atoms with Crippen molar-refractivity contribution in [2.75, 3.05) is 7.05 Å². The highest BCUT2D eigenvalue weighted by Gasteiger charge is 2.33. The average molecular weight is 443 g/mol. The third-order valence-corrected chi connectivity index (χ3v) is 7.32. The molecule has 0 aliphatic carbocycles. The van der Waals surface area contributed by atoms with Crippen LogP contribution in [0.3, 0.4) is 0 Å². The van der Waals surface area contributed by atoms with E-state index in [1.807, 2.05) is 38.1 Å². The van der Waals surface area contributed by atoms with Gasteiger partial charge in [0.05, 0.1) is 21.7 Å². The molecule has 156 valence electrons. The van der Waals surface area contributed by atoms with Gasteiger partial charge in [-0.05, 0) is 30.2 Å². The lowest BCUT2D eigenvalue weighted by atomic mass is 10.0. The van der Waals surface area contributed by atoms with Gasteiger partial charge in [0.25, 0.3) is 10.0 Å². The molecule has 1 amide bonds. The van der Waals surface area contributed by atoms with Crippen molar-refractivity contribution in [3.63, 3.8) is 0 Å². The zero-order valence-corrected chi connectivity index (χ0v) is 18.5. The minimum absolute atomic E-state index is 0.111. The first-order valence-corrected chi connectivity index (χ1v) is 11.9. The van der Waals surface area contributed by atoms with Gasteiger partial charge in [0.2, 0.25) is 5.91 Å². The zero-order valence-electron chi connectivity index (χ0n) is 16.9. The molecule has 1 aromatic heterocycles. The average Bonchev–Trinajstić information content (AvgIpc) is 3.23. The summed E-state index contributed by atoms with van der Waals surface area (Å²) < 4.78 is 28.3. The number of hydrogen-bond donors (Lipinski definition) is 1. The number of aliphatic imine (C=N–C) groups is 1. The van der Waals surface area contributed by atoms with Gasteiger partial charge in [-0.25, -0.2) is 13.4 Å². The molecule has 3 aromatic rings. The molecule has 0 spiro atoms. The minimum Gasteiger partial charge on any atom is -0.337 e. The molecule has 2 aromatic carbocycles. The highest BCUT2D eigenvalue weighted by atomic mass is 32.2. The van der Waals surface area contributed by atoms with E-state index < -0.39 is 16.1 Å². The fraction of sp³-hybridized carbons (Fsp3) is 0.286. The van der Waals surface area contributed by atoms with Crippen LogP contribution >= 0.6 is 11.3 Å². The largest absolute Gasteiger partial charge is 0.337 e. The number of rotatable bonds is 5. The van der Waals surface area contributed by atoms with E-state index in [4.69, 9.17) is 0 Å². The molecule has 0 fully saturated rings. The number of amidine groups is 1. The number of para-hydroxylation sites is 1. The maximum absolute atomic E-state index is 13.2. The maximum atomic E-state index is 13.2. The Bertz CT molecular complexity index is 1210. The molecule has 1 N–H and O–H groups in total. The molecule has 1 aliphatic heterocycles. The van der Waals surface area contributed by atoms with Gasteiger partial charge in [0.15, 0.2) is 0 Å². The minimum atomic E-state index is -3.65. The van der Waals surface area contributed by atoms with Gasteiger partial charge in [-0.1, -0.05) is 38.1 Å². The number of thiazole rings is 1. The van der Waals surface area contributed by atoms with Crippen LogP contribution < -0.4 is 4.72 Å². The first-order valence-electron chi connectivity index (χ1n) is 9.55. The number of aromatic nitrogens is 1. The summed E-state index contributed by atoms with van der Waals surface area (Å²) in [4.78, 5) is 24.1. The molecule has 0 saturated heterocycles. The van der Waals surface area contributed by atoms with Gasteiger partial charge >= 0.3 is 0 Å². The number of benzene rings is 2. The third-order valence-electron chi connectivity index (χ3n) is 4.90. The van der Waals surface area contributed by atoms with Crippen molar-refractivity contribution < 1.29 is 13.2 Å². The molecule has 0 bridgehead atoms. The van der Waals surface area contributed by atoms with Crippen molar-refractivity contribution in [1.29, 1.82) is 0 Å². The van der Waals surface area contributed by atoms with Crippen molar-refractivity contribution in [2.24, 2.45) is 10.9 Å². The van der Waals surface area contributed by atoms with Gasteiger partial charge in [-0.3, -0.25) is 14.5 Å². The number of likely N-dealkylation sites (N-methyl/N-ethyl adjacent to an activating group) is 1. The highest BCUT2D eigenvalue weighted by Crippen LogP contribution is 2.25. The fourth-order valence-electron chi connectivity index (χ4n) is 3.35. The molecule has 1 atom stereocenters. The fourth-order valence-corrected chi connectivity index (χ4v) is 5.61. The lowest BCUT2D eigenvalue weighted by molar-refractivity contribution is -0.132. The Morgan fingerprint density at radius 2 is 1.87 bits per heavy atom. The summed E-state index contributed by atoms with van der Waals surface area (Å²) in [7, 11) is -1.93. The van der Waals surface area contributed by atoms with Crippen LogP contribution in [0.1, 0.15) is 24.4 Å². The van der Waals surface area contributed by atoms with E-state index in [-0.39, 0.29) is 22.6 Å². The van der Waals surface area contributed by atoms with E-state index in [0.29, 0.717) is 12.1 Å². The number of amides is 1. The summed E-state index contributed by atoms with van der Waals surface area (Å²) in [6, 6.07) is 13.8. The standard InChI is InChI=1S/C21H22N4O3S2/c1-13(2)19(23-20-14-8-4-7-11-17(14)30(27,28)24-20)21(26)25(3)12-18-22-15-9-5-6-10-16(15)29-18/h4-11,13,19H,12H2,1-3H3,(H,23,24). The first-order chi connectivity index (χ1) is 14.3. The van der Waals surface area contributed by atoms with E-state index in [1.165, 1.54) is 6.07 Å². The Balaban J connectivity index is 1.60. The molecule has 30 heavy (non-hydrogen) atoms. The van der Waals surface area contributed by atoms with Crippen molar-refractivity contribution >= 4 is 43.3 Å². The van der Waals surface area contributed by atoms with Crippen molar-refractivity contribution in [1.82, 2.24) is 14.6 Å². The van der Waals surface area contributed by atoms with Crippen LogP contribution in [0.4, 0.5) is 0 Å². The molecular formula is C21H22N4O3S2. The van der Waals surface area contributed by atoms with Crippen LogP contribution in [-0.2, 0) is 21.4 Å². The summed E-state index contributed by atoms with van der Waals surface area (Å²) in [6.07, 6.45) is 0.